The van der Waals surface area contributed by atoms with Crippen LogP contribution in [0.25, 0.3) is 6.08 Å². The largest absolute Gasteiger partial charge is 0.508 e. The highest BCUT2D eigenvalue weighted by atomic mass is 32.2. The molecular weight excluding hydrogens is 375 g/mol. The van der Waals surface area contributed by atoms with Crippen LogP contribution in [0.5, 0.6) is 5.75 Å². The van der Waals surface area contributed by atoms with E-state index in [0.717, 1.165) is 42.4 Å². The fraction of sp³-hybridized carbons (Fsp3) is 0.524. The van der Waals surface area contributed by atoms with Crippen LogP contribution in [0.2, 0.25) is 6.32 Å². The highest BCUT2D eigenvalue weighted by Gasteiger charge is 2.48. The van der Waals surface area contributed by atoms with Crippen LogP contribution in [0.1, 0.15) is 51.5 Å². The van der Waals surface area contributed by atoms with Gasteiger partial charge >= 0.3 is 7.12 Å². The van der Waals surface area contributed by atoms with Crippen molar-refractivity contribution in [1.82, 2.24) is 0 Å². The first-order valence-electron chi connectivity index (χ1n) is 10.1. The molecule has 2 aliphatic heterocycles. The molecule has 7 heteroatoms. The molecule has 2 atom stereocenters. The summed E-state index contributed by atoms with van der Waals surface area (Å²) in [5.74, 6) is 0.337. The Balaban J connectivity index is 1.80. The highest BCUT2D eigenvalue weighted by Crippen LogP contribution is 2.41. The molecule has 1 aromatic carbocycles. The third-order valence-corrected chi connectivity index (χ3v) is 7.69. The maximum atomic E-state index is 12.6. The molecule has 0 saturated carbocycles. The Morgan fingerprint density at radius 1 is 1.36 bits per heavy atom. The number of benzene rings is 1. The van der Waals surface area contributed by atoms with Crippen molar-refractivity contribution in [2.24, 2.45) is 0 Å². The summed E-state index contributed by atoms with van der Waals surface area (Å²) in [6, 6.07) is 7.11. The average molecular weight is 404 g/mol. The summed E-state index contributed by atoms with van der Waals surface area (Å²) in [7, 11) is -4.27. The summed E-state index contributed by atoms with van der Waals surface area (Å²) < 4.78 is 31.0. The Kier molecular flexibility index (Phi) is 6.68. The van der Waals surface area contributed by atoms with Gasteiger partial charge in [0.25, 0.3) is 0 Å². The van der Waals surface area contributed by atoms with Gasteiger partial charge in [-0.2, -0.15) is 0 Å². The number of allylic oxidation sites excluding steroid dienone is 1. The second kappa shape index (κ2) is 8.85. The number of hydrogen-bond acceptors (Lipinski definition) is 5. The van der Waals surface area contributed by atoms with Crippen LogP contribution in [0.3, 0.4) is 0 Å². The Hall–Kier alpha value is -1.57. The maximum Gasteiger partial charge on any atom is 0.456 e. The summed E-state index contributed by atoms with van der Waals surface area (Å²) in [6.07, 6.45) is 5.75. The van der Waals surface area contributed by atoms with Gasteiger partial charge in [0.05, 0.1) is 17.1 Å². The number of phenolic OH excluding ortho intramolecular Hbond substituents is 1. The monoisotopic (exact) mass is 404 g/mol. The normalized spacial score (nSPS) is 24.5. The zero-order chi connectivity index (χ0) is 20.3. The van der Waals surface area contributed by atoms with E-state index in [2.05, 4.69) is 13.0 Å². The number of hydrogen-bond donors (Lipinski definition) is 2. The van der Waals surface area contributed by atoms with Crippen molar-refractivity contribution in [2.75, 3.05) is 5.75 Å². The topological polar surface area (TPSA) is 83.8 Å². The van der Waals surface area contributed by atoms with Gasteiger partial charge < -0.3 is 14.8 Å². The molecular formula is C21H29BO5S. The first kappa shape index (κ1) is 21.2. The van der Waals surface area contributed by atoms with Crippen LogP contribution in [-0.4, -0.2) is 42.8 Å². The minimum atomic E-state index is -3.24. The van der Waals surface area contributed by atoms with E-state index < -0.39 is 22.2 Å². The average Bonchev–Trinajstić information content (AvgIpc) is 2.89. The van der Waals surface area contributed by atoms with Crippen LogP contribution < -0.4 is 0 Å². The van der Waals surface area contributed by atoms with Gasteiger partial charge in [-0.1, -0.05) is 49.6 Å². The minimum Gasteiger partial charge on any atom is -0.508 e. The number of sulfone groups is 1. The number of fused-ring (bicyclic) bond motifs is 1. The van der Waals surface area contributed by atoms with Gasteiger partial charge in [0.15, 0.2) is 9.84 Å². The molecule has 2 N–H and O–H groups in total. The Morgan fingerprint density at radius 2 is 2.14 bits per heavy atom. The fourth-order valence-corrected chi connectivity index (χ4v) is 6.48. The van der Waals surface area contributed by atoms with Crippen molar-refractivity contribution in [3.63, 3.8) is 0 Å². The van der Waals surface area contributed by atoms with Gasteiger partial charge in [0.1, 0.15) is 5.75 Å². The minimum absolute atomic E-state index is 0.104. The molecule has 1 aromatic rings. The molecule has 152 valence electrons. The van der Waals surface area contributed by atoms with Crippen molar-refractivity contribution in [1.29, 1.82) is 0 Å². The smallest absolute Gasteiger partial charge is 0.456 e. The van der Waals surface area contributed by atoms with Crippen molar-refractivity contribution in [3.05, 3.63) is 46.5 Å². The second-order valence-corrected chi connectivity index (χ2v) is 9.89. The predicted octanol–water partition coefficient (Wildman–Crippen LogP) is 3.74. The van der Waals surface area contributed by atoms with Crippen LogP contribution in [0.15, 0.2) is 41.0 Å². The van der Waals surface area contributed by atoms with Crippen molar-refractivity contribution < 1.29 is 23.2 Å². The molecule has 0 amide bonds. The summed E-state index contributed by atoms with van der Waals surface area (Å²) in [4.78, 5) is 0. The lowest BCUT2D eigenvalue weighted by Crippen LogP contribution is -2.41. The molecule has 2 heterocycles. The van der Waals surface area contributed by atoms with E-state index in [0.29, 0.717) is 6.42 Å². The Bertz CT molecular complexity index is 875. The van der Waals surface area contributed by atoms with Crippen LogP contribution in [-0.2, 0) is 14.5 Å². The van der Waals surface area contributed by atoms with E-state index in [-0.39, 0.29) is 23.9 Å². The molecule has 0 radical (unpaired) electrons. The first-order chi connectivity index (χ1) is 13.3. The molecule has 0 aliphatic carbocycles. The molecule has 3 rings (SSSR count). The van der Waals surface area contributed by atoms with Crippen molar-refractivity contribution >= 4 is 23.0 Å². The lowest BCUT2D eigenvalue weighted by molar-refractivity contribution is 0.169. The number of aromatic hydroxyl groups is 1. The van der Waals surface area contributed by atoms with Gasteiger partial charge in [-0.05, 0) is 49.0 Å². The van der Waals surface area contributed by atoms with E-state index >= 15 is 0 Å². The SMILES string of the molecule is CCCC1=C2[C@@H](CC/C(=C/c3cccc(O)c3)CC)OB(O)C[C@@H]2S(=O)(=O)C1. The molecule has 0 aromatic heterocycles. The quantitative estimate of drug-likeness (QED) is 0.534. The van der Waals surface area contributed by atoms with Gasteiger partial charge in [-0.25, -0.2) is 8.42 Å². The molecule has 1 saturated heterocycles. The Morgan fingerprint density at radius 3 is 2.82 bits per heavy atom. The molecule has 28 heavy (non-hydrogen) atoms. The van der Waals surface area contributed by atoms with E-state index in [4.69, 9.17) is 4.65 Å². The van der Waals surface area contributed by atoms with Crippen LogP contribution >= 0.6 is 0 Å². The van der Waals surface area contributed by atoms with Gasteiger partial charge in [-0.15, -0.1) is 0 Å². The Labute approximate surface area is 168 Å². The lowest BCUT2D eigenvalue weighted by Gasteiger charge is -2.32. The van der Waals surface area contributed by atoms with Gasteiger partial charge in [0.2, 0.25) is 0 Å². The number of phenols is 1. The third kappa shape index (κ3) is 4.70. The van der Waals surface area contributed by atoms with Crippen LogP contribution in [0, 0.1) is 0 Å². The third-order valence-electron chi connectivity index (χ3n) is 5.62. The fourth-order valence-electron chi connectivity index (χ4n) is 4.32. The van der Waals surface area contributed by atoms with Gasteiger partial charge in [0, 0.05) is 6.32 Å². The standard InChI is InChI=1S/C21H29BO5S/c1-3-6-17-14-28(25,26)20-13-22(24)27-19(21(17)20)10-9-15(4-2)11-16-7-5-8-18(23)12-16/h5,7-8,11-12,19-20,23-24H,3-4,6,9-10,13-14H2,1-2H3/b15-11+/t19-,20+/m1/s1. The zero-order valence-corrected chi connectivity index (χ0v) is 17.4. The summed E-state index contributed by atoms with van der Waals surface area (Å²) in [5.41, 5.74) is 4.03. The molecule has 2 aliphatic rings. The summed E-state index contributed by atoms with van der Waals surface area (Å²) in [5, 5.41) is 19.2. The van der Waals surface area contributed by atoms with Crippen molar-refractivity contribution in [3.8, 4) is 5.75 Å². The summed E-state index contributed by atoms with van der Waals surface area (Å²) >= 11 is 0. The first-order valence-corrected chi connectivity index (χ1v) is 11.8. The van der Waals surface area contributed by atoms with E-state index in [1.165, 1.54) is 5.57 Å². The zero-order valence-electron chi connectivity index (χ0n) is 16.6. The molecule has 5 nitrogen and oxygen atoms in total. The molecule has 1 fully saturated rings. The maximum absolute atomic E-state index is 12.6. The predicted molar refractivity (Wildman–Crippen MR) is 113 cm³/mol. The number of rotatable bonds is 7. The molecule has 0 spiro atoms. The van der Waals surface area contributed by atoms with Gasteiger partial charge in [-0.3, -0.25) is 0 Å². The highest BCUT2D eigenvalue weighted by molar-refractivity contribution is 7.92. The molecule has 0 unspecified atom stereocenters. The van der Waals surface area contributed by atoms with Crippen LogP contribution in [0.4, 0.5) is 0 Å². The molecule has 0 bridgehead atoms. The second-order valence-electron chi connectivity index (χ2n) is 7.71. The summed E-state index contributed by atoms with van der Waals surface area (Å²) in [6.45, 7) is 4.13. The van der Waals surface area contributed by atoms with Crippen molar-refractivity contribution in [2.45, 2.75) is 63.6 Å². The van der Waals surface area contributed by atoms with E-state index in [1.54, 1.807) is 12.1 Å². The lowest BCUT2D eigenvalue weighted by atomic mass is 9.74. The van der Waals surface area contributed by atoms with E-state index in [9.17, 15) is 18.5 Å². The van der Waals surface area contributed by atoms with E-state index in [1.807, 2.05) is 19.1 Å².